The monoisotopic (exact) mass is 382 g/mol. The van der Waals surface area contributed by atoms with E-state index in [4.69, 9.17) is 10.1 Å². The van der Waals surface area contributed by atoms with Crippen LogP contribution in [0.3, 0.4) is 0 Å². The maximum atomic E-state index is 12.6. The number of anilines is 1. The van der Waals surface area contributed by atoms with Crippen molar-refractivity contribution in [3.05, 3.63) is 46.9 Å². The Balaban J connectivity index is 1.34. The van der Waals surface area contributed by atoms with Crippen LogP contribution in [0, 0.1) is 0 Å². The van der Waals surface area contributed by atoms with Gasteiger partial charge in [0.2, 0.25) is 0 Å². The molecule has 0 bridgehead atoms. The van der Waals surface area contributed by atoms with E-state index in [0.717, 1.165) is 55.8 Å². The number of carbonyl (C=O) groups excluding carboxylic acids is 1. The maximum absolute atomic E-state index is 12.6. The molecule has 28 heavy (non-hydrogen) atoms. The van der Waals surface area contributed by atoms with Gasteiger partial charge in [-0.1, -0.05) is 6.07 Å². The number of fused-ring (bicyclic) bond motifs is 2. The van der Waals surface area contributed by atoms with Gasteiger partial charge in [0.1, 0.15) is 11.5 Å². The molecule has 7 heteroatoms. The summed E-state index contributed by atoms with van der Waals surface area (Å²) in [5, 5.41) is 12.2. The van der Waals surface area contributed by atoms with Crippen LogP contribution in [-0.2, 0) is 30.6 Å². The first-order chi connectivity index (χ1) is 13.6. The Morgan fingerprint density at radius 1 is 1.25 bits per heavy atom. The molecule has 0 radical (unpaired) electrons. The lowest BCUT2D eigenvalue weighted by atomic mass is 10.0. The molecule has 2 aromatic heterocycles. The molecule has 0 aromatic carbocycles. The highest BCUT2D eigenvalue weighted by Gasteiger charge is 2.25. The number of aromatic nitrogens is 2. The normalized spacial score (nSPS) is 15.7. The minimum Gasteiger partial charge on any atom is -0.481 e. The molecule has 0 unspecified atom stereocenters. The van der Waals surface area contributed by atoms with E-state index in [2.05, 4.69) is 23.6 Å². The average Bonchev–Trinajstić information content (AvgIpc) is 3.11. The smallest absolute Gasteiger partial charge is 0.305 e. The van der Waals surface area contributed by atoms with Gasteiger partial charge < -0.3 is 19.9 Å². The third-order valence-electron chi connectivity index (χ3n) is 5.52. The first-order valence-electron chi connectivity index (χ1n) is 10.0. The molecule has 4 rings (SSSR count). The van der Waals surface area contributed by atoms with Crippen molar-refractivity contribution >= 4 is 17.7 Å². The number of nitrogens with one attached hydrogen (secondary N) is 1. The van der Waals surface area contributed by atoms with Crippen molar-refractivity contribution in [2.45, 2.75) is 45.1 Å². The third kappa shape index (κ3) is 4.03. The van der Waals surface area contributed by atoms with Crippen LogP contribution in [0.2, 0.25) is 0 Å². The van der Waals surface area contributed by atoms with E-state index in [0.29, 0.717) is 12.2 Å². The van der Waals surface area contributed by atoms with E-state index in [1.807, 2.05) is 10.6 Å². The second-order valence-electron chi connectivity index (χ2n) is 7.56. The zero-order valence-corrected chi connectivity index (χ0v) is 16.0. The Bertz CT molecular complexity index is 890. The first-order valence-corrected chi connectivity index (χ1v) is 10.0. The Morgan fingerprint density at radius 2 is 2.14 bits per heavy atom. The van der Waals surface area contributed by atoms with Gasteiger partial charge in [-0.25, -0.2) is 4.98 Å². The van der Waals surface area contributed by atoms with Crippen molar-refractivity contribution in [1.29, 1.82) is 0 Å². The van der Waals surface area contributed by atoms with Gasteiger partial charge in [-0.3, -0.25) is 9.59 Å². The minimum absolute atomic E-state index is 0.0120. The van der Waals surface area contributed by atoms with Crippen LogP contribution in [0.4, 0.5) is 5.82 Å². The summed E-state index contributed by atoms with van der Waals surface area (Å²) in [5.74, 6) is 0.0942. The Kier molecular flexibility index (Phi) is 5.32. The van der Waals surface area contributed by atoms with Crippen molar-refractivity contribution < 1.29 is 14.7 Å². The van der Waals surface area contributed by atoms with Gasteiger partial charge in [0.25, 0.3) is 5.91 Å². The standard InChI is InChI=1S/C21H26N4O3/c26-19(27)8-10-24-11-12-25-14-15(13-18(25)21(24)28)3-1-5-17-7-6-16-4-2-9-22-20(16)23-17/h6-7,13-14H,1-5,8-12H2,(H,22,23)(H,26,27). The fraction of sp³-hybridized carbons (Fsp3) is 0.476. The van der Waals surface area contributed by atoms with Gasteiger partial charge in [-0.15, -0.1) is 0 Å². The molecule has 2 N–H and O–H groups in total. The van der Waals surface area contributed by atoms with E-state index in [1.54, 1.807) is 4.90 Å². The summed E-state index contributed by atoms with van der Waals surface area (Å²) >= 11 is 0. The summed E-state index contributed by atoms with van der Waals surface area (Å²) in [6.07, 6.45) is 7.10. The van der Waals surface area contributed by atoms with Crippen molar-refractivity contribution in [2.75, 3.05) is 25.0 Å². The molecule has 7 nitrogen and oxygen atoms in total. The van der Waals surface area contributed by atoms with E-state index in [1.165, 1.54) is 12.0 Å². The van der Waals surface area contributed by atoms with Gasteiger partial charge in [-0.2, -0.15) is 0 Å². The highest BCUT2D eigenvalue weighted by atomic mass is 16.4. The van der Waals surface area contributed by atoms with Gasteiger partial charge in [0.15, 0.2) is 0 Å². The van der Waals surface area contributed by atoms with Crippen LogP contribution in [0.5, 0.6) is 0 Å². The first kappa shape index (κ1) is 18.5. The molecule has 2 aromatic rings. The van der Waals surface area contributed by atoms with Crippen molar-refractivity contribution in [3.63, 3.8) is 0 Å². The number of pyridine rings is 1. The largest absolute Gasteiger partial charge is 0.481 e. The number of aryl methyl sites for hydroxylation is 3. The number of carboxylic acid groups (broad SMARTS) is 1. The maximum Gasteiger partial charge on any atom is 0.305 e. The van der Waals surface area contributed by atoms with Crippen LogP contribution < -0.4 is 5.32 Å². The lowest BCUT2D eigenvalue weighted by Crippen LogP contribution is -2.40. The average molecular weight is 382 g/mol. The Morgan fingerprint density at radius 3 is 3.00 bits per heavy atom. The Labute approximate surface area is 164 Å². The summed E-state index contributed by atoms with van der Waals surface area (Å²) in [6.45, 7) is 2.56. The van der Waals surface area contributed by atoms with Gasteiger partial charge in [0, 0.05) is 38.1 Å². The number of aliphatic carboxylic acids is 1. The number of hydrogen-bond acceptors (Lipinski definition) is 4. The fourth-order valence-electron chi connectivity index (χ4n) is 3.99. The summed E-state index contributed by atoms with van der Waals surface area (Å²) in [7, 11) is 0. The molecule has 0 aliphatic carbocycles. The summed E-state index contributed by atoms with van der Waals surface area (Å²) in [4.78, 5) is 29.7. The van der Waals surface area contributed by atoms with E-state index >= 15 is 0 Å². The van der Waals surface area contributed by atoms with Crippen molar-refractivity contribution in [2.24, 2.45) is 0 Å². The summed E-state index contributed by atoms with van der Waals surface area (Å²) in [6, 6.07) is 6.27. The quantitative estimate of drug-likeness (QED) is 0.768. The number of carboxylic acids is 1. The highest BCUT2D eigenvalue weighted by molar-refractivity contribution is 5.93. The molecule has 0 spiro atoms. The lowest BCUT2D eigenvalue weighted by molar-refractivity contribution is -0.137. The fourth-order valence-corrected chi connectivity index (χ4v) is 3.99. The molecule has 148 valence electrons. The number of carbonyl (C=O) groups is 2. The molecular weight excluding hydrogens is 356 g/mol. The molecular formula is C21H26N4O3. The topological polar surface area (TPSA) is 87.5 Å². The van der Waals surface area contributed by atoms with E-state index in [9.17, 15) is 9.59 Å². The SMILES string of the molecule is O=C(O)CCN1CCn2cc(CCCc3ccc4c(n3)NCCC4)cc2C1=O. The molecule has 0 atom stereocenters. The number of rotatable bonds is 7. The van der Waals surface area contributed by atoms with E-state index in [-0.39, 0.29) is 18.9 Å². The number of amides is 1. The zero-order valence-electron chi connectivity index (χ0n) is 16.0. The molecule has 0 saturated carbocycles. The second-order valence-corrected chi connectivity index (χ2v) is 7.56. The van der Waals surface area contributed by atoms with Crippen LogP contribution >= 0.6 is 0 Å². The van der Waals surface area contributed by atoms with Crippen LogP contribution in [0.25, 0.3) is 0 Å². The molecule has 0 fully saturated rings. The zero-order chi connectivity index (χ0) is 19.5. The van der Waals surface area contributed by atoms with Gasteiger partial charge in [0.05, 0.1) is 6.42 Å². The number of hydrogen-bond donors (Lipinski definition) is 2. The van der Waals surface area contributed by atoms with Crippen molar-refractivity contribution in [3.8, 4) is 0 Å². The molecule has 1 amide bonds. The predicted octanol–water partition coefficient (Wildman–Crippen LogP) is 2.35. The third-order valence-corrected chi connectivity index (χ3v) is 5.52. The summed E-state index contributed by atoms with van der Waals surface area (Å²) < 4.78 is 2.00. The molecule has 0 saturated heterocycles. The minimum atomic E-state index is -0.875. The molecule has 2 aliphatic rings. The van der Waals surface area contributed by atoms with Gasteiger partial charge >= 0.3 is 5.97 Å². The predicted molar refractivity (Wildman–Crippen MR) is 106 cm³/mol. The van der Waals surface area contributed by atoms with Gasteiger partial charge in [-0.05, 0) is 55.4 Å². The highest BCUT2D eigenvalue weighted by Crippen LogP contribution is 2.21. The Hall–Kier alpha value is -2.83. The molecule has 2 aliphatic heterocycles. The van der Waals surface area contributed by atoms with Crippen molar-refractivity contribution in [1.82, 2.24) is 14.5 Å². The van der Waals surface area contributed by atoms with Crippen LogP contribution in [0.15, 0.2) is 24.4 Å². The van der Waals surface area contributed by atoms with E-state index < -0.39 is 5.97 Å². The second kappa shape index (κ2) is 8.04. The lowest BCUT2D eigenvalue weighted by Gasteiger charge is -2.27. The number of nitrogens with zero attached hydrogens (tertiary/aromatic N) is 3. The molecule has 4 heterocycles. The summed E-state index contributed by atoms with van der Waals surface area (Å²) in [5.41, 5.74) is 4.23. The van der Waals surface area contributed by atoms with Crippen LogP contribution in [0.1, 0.15) is 46.6 Å². The van der Waals surface area contributed by atoms with Crippen LogP contribution in [-0.4, -0.2) is 51.1 Å².